The van der Waals surface area contributed by atoms with Gasteiger partial charge in [-0.1, -0.05) is 19.3 Å². The van der Waals surface area contributed by atoms with Crippen molar-refractivity contribution >= 4 is 11.9 Å². The van der Waals surface area contributed by atoms with Gasteiger partial charge < -0.3 is 9.47 Å². The molecule has 0 unspecified atom stereocenters. The van der Waals surface area contributed by atoms with Crippen LogP contribution in [-0.2, 0) is 32.3 Å². The van der Waals surface area contributed by atoms with E-state index in [9.17, 15) is 9.59 Å². The lowest BCUT2D eigenvalue weighted by atomic mass is 10.1. The standard InChI is InChI=1S/C21H26N2O4/c24-20(26-16-18-8-12-22-13-9-18)6-4-2-1-3-5-7-21(25)27-17-19-10-14-23-15-11-19/h8-15H,1-7,16-17H2. The Morgan fingerprint density at radius 3 is 1.41 bits per heavy atom. The quantitative estimate of drug-likeness (QED) is 0.415. The van der Waals surface area contributed by atoms with Gasteiger partial charge in [-0.2, -0.15) is 0 Å². The summed E-state index contributed by atoms with van der Waals surface area (Å²) in [5.74, 6) is -0.349. The van der Waals surface area contributed by atoms with Crippen molar-refractivity contribution in [1.82, 2.24) is 9.97 Å². The molecule has 0 aliphatic carbocycles. The fourth-order valence-electron chi connectivity index (χ4n) is 2.50. The highest BCUT2D eigenvalue weighted by Gasteiger charge is 2.05. The summed E-state index contributed by atoms with van der Waals surface area (Å²) in [5.41, 5.74) is 1.88. The minimum Gasteiger partial charge on any atom is -0.461 e. The molecule has 0 aromatic carbocycles. The molecule has 2 aromatic heterocycles. The second-order valence-electron chi connectivity index (χ2n) is 6.30. The molecule has 2 heterocycles. The van der Waals surface area contributed by atoms with E-state index in [1.165, 1.54) is 0 Å². The Morgan fingerprint density at radius 2 is 1.00 bits per heavy atom. The molecule has 0 spiro atoms. The van der Waals surface area contributed by atoms with E-state index in [4.69, 9.17) is 9.47 Å². The number of hydrogen-bond donors (Lipinski definition) is 0. The van der Waals surface area contributed by atoms with E-state index >= 15 is 0 Å². The number of pyridine rings is 2. The summed E-state index contributed by atoms with van der Waals surface area (Å²) in [4.78, 5) is 31.2. The highest BCUT2D eigenvalue weighted by Crippen LogP contribution is 2.10. The molecule has 2 rings (SSSR count). The van der Waals surface area contributed by atoms with Gasteiger partial charge in [-0.15, -0.1) is 0 Å². The number of rotatable bonds is 12. The van der Waals surface area contributed by atoms with Gasteiger partial charge in [-0.25, -0.2) is 0 Å². The fourth-order valence-corrected chi connectivity index (χ4v) is 2.50. The Balaban J connectivity index is 1.41. The van der Waals surface area contributed by atoms with E-state index in [2.05, 4.69) is 9.97 Å². The lowest BCUT2D eigenvalue weighted by Crippen LogP contribution is -2.05. The van der Waals surface area contributed by atoms with E-state index in [-0.39, 0.29) is 11.9 Å². The van der Waals surface area contributed by atoms with E-state index in [1.54, 1.807) is 24.8 Å². The van der Waals surface area contributed by atoms with Crippen LogP contribution in [0.3, 0.4) is 0 Å². The molecule has 6 nitrogen and oxygen atoms in total. The predicted octanol–water partition coefficient (Wildman–Crippen LogP) is 3.99. The lowest BCUT2D eigenvalue weighted by molar-refractivity contribution is -0.145. The molecule has 0 saturated heterocycles. The van der Waals surface area contributed by atoms with E-state index in [0.29, 0.717) is 26.1 Å². The van der Waals surface area contributed by atoms with Crippen molar-refractivity contribution < 1.29 is 19.1 Å². The number of aromatic nitrogens is 2. The van der Waals surface area contributed by atoms with Crippen LogP contribution in [0.4, 0.5) is 0 Å². The number of unbranched alkanes of at least 4 members (excludes halogenated alkanes) is 4. The minimum atomic E-state index is -0.175. The van der Waals surface area contributed by atoms with Gasteiger partial charge in [0.15, 0.2) is 0 Å². The number of carbonyl (C=O) groups excluding carboxylic acids is 2. The Bertz CT molecular complexity index is 618. The molecule has 0 fully saturated rings. The largest absolute Gasteiger partial charge is 0.461 e. The average molecular weight is 370 g/mol. The molecule has 144 valence electrons. The number of hydrogen-bond acceptors (Lipinski definition) is 6. The first-order chi connectivity index (χ1) is 13.2. The Morgan fingerprint density at radius 1 is 0.630 bits per heavy atom. The number of esters is 2. The van der Waals surface area contributed by atoms with Crippen LogP contribution >= 0.6 is 0 Å². The first-order valence-electron chi connectivity index (χ1n) is 9.33. The molecule has 0 radical (unpaired) electrons. The number of nitrogens with zero attached hydrogens (tertiary/aromatic N) is 2. The first kappa shape index (κ1) is 20.6. The molecule has 0 amide bonds. The highest BCUT2D eigenvalue weighted by molar-refractivity contribution is 5.69. The normalized spacial score (nSPS) is 10.4. The predicted molar refractivity (Wildman–Crippen MR) is 100 cm³/mol. The zero-order chi connectivity index (χ0) is 19.2. The second kappa shape index (κ2) is 12.6. The van der Waals surface area contributed by atoms with E-state index in [1.807, 2.05) is 24.3 Å². The Labute approximate surface area is 159 Å². The van der Waals surface area contributed by atoms with Crippen molar-refractivity contribution in [2.45, 2.75) is 58.2 Å². The third-order valence-corrected chi connectivity index (χ3v) is 4.06. The molecule has 0 saturated carbocycles. The van der Waals surface area contributed by atoms with Crippen LogP contribution in [0.5, 0.6) is 0 Å². The van der Waals surface area contributed by atoms with Crippen LogP contribution in [0, 0.1) is 0 Å². The monoisotopic (exact) mass is 370 g/mol. The van der Waals surface area contributed by atoms with Gasteiger partial charge in [-0.3, -0.25) is 19.6 Å². The molecule has 0 aliphatic heterocycles. The summed E-state index contributed by atoms with van der Waals surface area (Å²) in [6.07, 6.45) is 12.1. The fraction of sp³-hybridized carbons (Fsp3) is 0.429. The SMILES string of the molecule is O=C(CCCCCCCC(=O)OCc1ccncc1)OCc1ccncc1. The summed E-state index contributed by atoms with van der Waals surface area (Å²) in [6.45, 7) is 0.589. The molecular weight excluding hydrogens is 344 g/mol. The zero-order valence-electron chi connectivity index (χ0n) is 15.5. The first-order valence-corrected chi connectivity index (χ1v) is 9.33. The average Bonchev–Trinajstić information content (AvgIpc) is 2.71. The number of ether oxygens (including phenoxy) is 2. The third-order valence-electron chi connectivity index (χ3n) is 4.06. The summed E-state index contributed by atoms with van der Waals surface area (Å²) < 4.78 is 10.4. The van der Waals surface area contributed by atoms with Gasteiger partial charge in [0.05, 0.1) is 0 Å². The topological polar surface area (TPSA) is 78.4 Å². The van der Waals surface area contributed by atoms with Gasteiger partial charge in [0.2, 0.25) is 0 Å². The van der Waals surface area contributed by atoms with Crippen LogP contribution < -0.4 is 0 Å². The molecule has 2 aromatic rings. The van der Waals surface area contributed by atoms with Crippen LogP contribution in [0.1, 0.15) is 56.1 Å². The van der Waals surface area contributed by atoms with Crippen molar-refractivity contribution in [1.29, 1.82) is 0 Å². The van der Waals surface area contributed by atoms with Gasteiger partial charge in [0.1, 0.15) is 13.2 Å². The van der Waals surface area contributed by atoms with Crippen LogP contribution in [0.25, 0.3) is 0 Å². The number of carbonyl (C=O) groups is 2. The maximum absolute atomic E-state index is 11.7. The Kier molecular flexibility index (Phi) is 9.57. The maximum Gasteiger partial charge on any atom is 0.306 e. The highest BCUT2D eigenvalue weighted by atomic mass is 16.5. The van der Waals surface area contributed by atoms with Crippen molar-refractivity contribution in [2.75, 3.05) is 0 Å². The summed E-state index contributed by atoms with van der Waals surface area (Å²) in [5, 5.41) is 0. The third kappa shape index (κ3) is 9.49. The zero-order valence-corrected chi connectivity index (χ0v) is 15.5. The van der Waals surface area contributed by atoms with Gasteiger partial charge >= 0.3 is 11.9 Å². The van der Waals surface area contributed by atoms with Crippen molar-refractivity contribution in [3.8, 4) is 0 Å². The summed E-state index contributed by atoms with van der Waals surface area (Å²) >= 11 is 0. The molecule has 27 heavy (non-hydrogen) atoms. The van der Waals surface area contributed by atoms with Crippen molar-refractivity contribution in [3.63, 3.8) is 0 Å². The molecule has 0 bridgehead atoms. The van der Waals surface area contributed by atoms with Crippen LogP contribution in [0.2, 0.25) is 0 Å². The van der Waals surface area contributed by atoms with Crippen molar-refractivity contribution in [2.24, 2.45) is 0 Å². The summed E-state index contributed by atoms with van der Waals surface area (Å²) in [7, 11) is 0. The second-order valence-corrected chi connectivity index (χ2v) is 6.30. The van der Waals surface area contributed by atoms with E-state index in [0.717, 1.165) is 43.2 Å². The molecule has 6 heteroatoms. The van der Waals surface area contributed by atoms with Crippen LogP contribution in [0.15, 0.2) is 49.1 Å². The van der Waals surface area contributed by atoms with E-state index < -0.39 is 0 Å². The van der Waals surface area contributed by atoms with Gasteiger partial charge in [0.25, 0.3) is 0 Å². The van der Waals surface area contributed by atoms with Gasteiger partial charge in [-0.05, 0) is 48.2 Å². The maximum atomic E-state index is 11.7. The van der Waals surface area contributed by atoms with Crippen molar-refractivity contribution in [3.05, 3.63) is 60.2 Å². The van der Waals surface area contributed by atoms with Gasteiger partial charge in [0, 0.05) is 37.6 Å². The van der Waals surface area contributed by atoms with Crippen LogP contribution in [-0.4, -0.2) is 21.9 Å². The molecule has 0 atom stereocenters. The lowest BCUT2D eigenvalue weighted by Gasteiger charge is -2.06. The Hall–Kier alpha value is -2.76. The smallest absolute Gasteiger partial charge is 0.306 e. The minimum absolute atomic E-state index is 0.175. The molecule has 0 aliphatic rings. The molecule has 0 N–H and O–H groups in total. The molecular formula is C21H26N2O4. The summed E-state index contributed by atoms with van der Waals surface area (Å²) in [6, 6.07) is 7.31.